The molecule has 0 aromatic carbocycles. The first-order valence-electron chi connectivity index (χ1n) is 2.96. The molecule has 0 radical (unpaired) electrons. The Kier molecular flexibility index (Phi) is 2.78. The Labute approximate surface area is 81.9 Å². The van der Waals surface area contributed by atoms with Gasteiger partial charge in [-0.25, -0.2) is 0 Å². The number of nitrogens with one attached hydrogen (secondary N) is 1. The Morgan fingerprint density at radius 3 is 2.27 bits per heavy atom. The predicted octanol–water partition coefficient (Wildman–Crippen LogP) is 2.65. The van der Waals surface area contributed by atoms with Crippen LogP contribution in [0, 0.1) is 5.41 Å². The minimum atomic E-state index is 0.418. The molecule has 0 unspecified atom stereocenters. The number of allylic oxidation sites excluding steroid dienone is 4. The molecule has 0 aromatic heterocycles. The second-order valence-electron chi connectivity index (χ2n) is 1.98. The summed E-state index contributed by atoms with van der Waals surface area (Å²) in [5, 5.41) is 7.57. The number of hydrogen-bond donors (Lipinski definition) is 1. The van der Waals surface area contributed by atoms with Gasteiger partial charge in [0.15, 0.2) is 0 Å². The van der Waals surface area contributed by atoms with Gasteiger partial charge in [0, 0.05) is 16.0 Å². The summed E-state index contributed by atoms with van der Waals surface area (Å²) in [6.45, 7) is 0. The molecule has 0 saturated carbocycles. The molecule has 0 spiro atoms. The van der Waals surface area contributed by atoms with Crippen molar-refractivity contribution in [1.29, 1.82) is 5.41 Å². The highest BCUT2D eigenvalue weighted by Gasteiger charge is 2.15. The van der Waals surface area contributed by atoms with E-state index in [-0.39, 0.29) is 0 Å². The standard InChI is InChI=1S/C7H6Br2N2/c1-11-7-5(9)3-2-4(8)6(7)10/h2-3,10H,1H3. The maximum atomic E-state index is 7.57. The Morgan fingerprint density at radius 2 is 1.82 bits per heavy atom. The molecule has 0 fully saturated rings. The molecule has 0 aliphatic heterocycles. The second kappa shape index (κ2) is 3.45. The quantitative estimate of drug-likeness (QED) is 0.661. The van der Waals surface area contributed by atoms with Crippen LogP contribution in [-0.4, -0.2) is 18.5 Å². The molecule has 0 amide bonds. The lowest BCUT2D eigenvalue weighted by molar-refractivity contribution is 1.44. The number of rotatable bonds is 0. The lowest BCUT2D eigenvalue weighted by atomic mass is 10.1. The summed E-state index contributed by atoms with van der Waals surface area (Å²) in [6, 6.07) is 0. The molecule has 1 N–H and O–H groups in total. The van der Waals surface area contributed by atoms with E-state index in [0.717, 1.165) is 8.96 Å². The summed E-state index contributed by atoms with van der Waals surface area (Å²) in [4.78, 5) is 3.97. The van der Waals surface area contributed by atoms with Crippen molar-refractivity contribution in [3.05, 3.63) is 21.1 Å². The minimum Gasteiger partial charge on any atom is -0.297 e. The zero-order chi connectivity index (χ0) is 8.43. The molecule has 11 heavy (non-hydrogen) atoms. The maximum Gasteiger partial charge on any atom is 0.0973 e. The van der Waals surface area contributed by atoms with E-state index in [1.807, 2.05) is 12.2 Å². The SMILES string of the molecule is CN=C1C(=N)C(Br)=CC=C1Br. The van der Waals surface area contributed by atoms with Gasteiger partial charge in [0.2, 0.25) is 0 Å². The van der Waals surface area contributed by atoms with E-state index in [2.05, 4.69) is 36.9 Å². The molecule has 4 heteroatoms. The summed E-state index contributed by atoms with van der Waals surface area (Å²) in [5.41, 5.74) is 1.10. The van der Waals surface area contributed by atoms with Crippen LogP contribution in [0.4, 0.5) is 0 Å². The van der Waals surface area contributed by atoms with Crippen LogP contribution in [0.25, 0.3) is 0 Å². The van der Waals surface area contributed by atoms with Gasteiger partial charge in [-0.1, -0.05) is 0 Å². The summed E-state index contributed by atoms with van der Waals surface area (Å²) in [6.07, 6.45) is 3.69. The highest BCUT2D eigenvalue weighted by Crippen LogP contribution is 2.21. The van der Waals surface area contributed by atoms with E-state index in [0.29, 0.717) is 11.4 Å². The number of hydrogen-bond acceptors (Lipinski definition) is 2. The van der Waals surface area contributed by atoms with E-state index in [9.17, 15) is 0 Å². The molecule has 0 atom stereocenters. The average molecular weight is 278 g/mol. The summed E-state index contributed by atoms with van der Waals surface area (Å²) >= 11 is 6.56. The van der Waals surface area contributed by atoms with Gasteiger partial charge in [-0.15, -0.1) is 0 Å². The van der Waals surface area contributed by atoms with Gasteiger partial charge in [0.05, 0.1) is 11.4 Å². The zero-order valence-corrected chi connectivity index (χ0v) is 9.03. The lowest BCUT2D eigenvalue weighted by Gasteiger charge is -2.09. The van der Waals surface area contributed by atoms with Crippen LogP contribution >= 0.6 is 31.9 Å². The van der Waals surface area contributed by atoms with E-state index in [1.165, 1.54) is 0 Å². The third-order valence-electron chi connectivity index (χ3n) is 1.30. The van der Waals surface area contributed by atoms with Crippen LogP contribution in [0.1, 0.15) is 0 Å². The fourth-order valence-corrected chi connectivity index (χ4v) is 1.59. The van der Waals surface area contributed by atoms with Crippen molar-refractivity contribution in [3.63, 3.8) is 0 Å². The monoisotopic (exact) mass is 276 g/mol. The Bertz CT molecular complexity index is 283. The third kappa shape index (κ3) is 1.68. The molecule has 58 valence electrons. The Morgan fingerprint density at radius 1 is 1.27 bits per heavy atom. The highest BCUT2D eigenvalue weighted by atomic mass is 79.9. The molecule has 1 rings (SSSR count). The summed E-state index contributed by atoms with van der Waals surface area (Å²) in [7, 11) is 1.67. The Hall–Kier alpha value is -0.220. The number of halogens is 2. The van der Waals surface area contributed by atoms with Gasteiger partial charge >= 0.3 is 0 Å². The van der Waals surface area contributed by atoms with Crippen molar-refractivity contribution in [2.45, 2.75) is 0 Å². The smallest absolute Gasteiger partial charge is 0.0973 e. The van der Waals surface area contributed by atoms with Crippen molar-refractivity contribution in [3.8, 4) is 0 Å². The van der Waals surface area contributed by atoms with E-state index >= 15 is 0 Å². The molecule has 0 aromatic rings. The molecular weight excluding hydrogens is 272 g/mol. The summed E-state index contributed by atoms with van der Waals surface area (Å²) in [5.74, 6) is 0. The fraction of sp³-hybridized carbons (Fsp3) is 0.143. The predicted molar refractivity (Wildman–Crippen MR) is 55.1 cm³/mol. The largest absolute Gasteiger partial charge is 0.297 e. The first kappa shape index (κ1) is 8.87. The second-order valence-corrected chi connectivity index (χ2v) is 3.69. The van der Waals surface area contributed by atoms with Crippen LogP contribution < -0.4 is 0 Å². The van der Waals surface area contributed by atoms with Crippen molar-refractivity contribution < 1.29 is 0 Å². The van der Waals surface area contributed by atoms with Gasteiger partial charge < -0.3 is 0 Å². The molecule has 2 nitrogen and oxygen atoms in total. The van der Waals surface area contributed by atoms with Gasteiger partial charge in [-0.3, -0.25) is 10.4 Å². The number of nitrogens with zero attached hydrogens (tertiary/aromatic N) is 1. The van der Waals surface area contributed by atoms with E-state index in [1.54, 1.807) is 7.05 Å². The van der Waals surface area contributed by atoms with Crippen LogP contribution in [0.15, 0.2) is 26.1 Å². The lowest BCUT2D eigenvalue weighted by Crippen LogP contribution is -2.15. The first-order valence-corrected chi connectivity index (χ1v) is 4.55. The average Bonchev–Trinajstić information content (AvgIpc) is 1.99. The van der Waals surface area contributed by atoms with Gasteiger partial charge in [0.1, 0.15) is 0 Å². The molecule has 0 heterocycles. The van der Waals surface area contributed by atoms with Crippen LogP contribution in [-0.2, 0) is 0 Å². The van der Waals surface area contributed by atoms with Crippen molar-refractivity contribution in [2.75, 3.05) is 7.05 Å². The molecule has 1 aliphatic rings. The van der Waals surface area contributed by atoms with Gasteiger partial charge in [0.25, 0.3) is 0 Å². The van der Waals surface area contributed by atoms with E-state index < -0.39 is 0 Å². The highest BCUT2D eigenvalue weighted by molar-refractivity contribution is 9.12. The Balaban J connectivity index is 3.13. The van der Waals surface area contributed by atoms with Gasteiger partial charge in [-0.05, 0) is 44.0 Å². The molecule has 0 saturated heterocycles. The molecular formula is C7H6Br2N2. The fourth-order valence-electron chi connectivity index (χ4n) is 0.760. The minimum absolute atomic E-state index is 0.418. The number of aliphatic imine (C=N–C) groups is 1. The van der Waals surface area contributed by atoms with Crippen molar-refractivity contribution in [2.24, 2.45) is 4.99 Å². The van der Waals surface area contributed by atoms with Crippen LogP contribution in [0.3, 0.4) is 0 Å². The van der Waals surface area contributed by atoms with Crippen LogP contribution in [0.2, 0.25) is 0 Å². The molecule has 0 bridgehead atoms. The van der Waals surface area contributed by atoms with Crippen molar-refractivity contribution in [1.82, 2.24) is 0 Å². The zero-order valence-electron chi connectivity index (χ0n) is 5.86. The van der Waals surface area contributed by atoms with Crippen molar-refractivity contribution >= 4 is 43.3 Å². The molecule has 1 aliphatic carbocycles. The first-order chi connectivity index (χ1) is 5.16. The normalized spacial score (nSPS) is 21.7. The van der Waals surface area contributed by atoms with Gasteiger partial charge in [-0.2, -0.15) is 0 Å². The van der Waals surface area contributed by atoms with Crippen LogP contribution in [0.5, 0.6) is 0 Å². The maximum absolute atomic E-state index is 7.57. The summed E-state index contributed by atoms with van der Waals surface area (Å²) < 4.78 is 1.62. The topological polar surface area (TPSA) is 36.2 Å². The van der Waals surface area contributed by atoms with E-state index in [4.69, 9.17) is 5.41 Å². The third-order valence-corrected chi connectivity index (χ3v) is 2.60.